The highest BCUT2D eigenvalue weighted by Crippen LogP contribution is 2.48. The van der Waals surface area contributed by atoms with Crippen LogP contribution >= 0.6 is 0 Å². The van der Waals surface area contributed by atoms with Gasteiger partial charge in [0.1, 0.15) is 11.6 Å². The first-order chi connectivity index (χ1) is 13.0. The van der Waals surface area contributed by atoms with Crippen molar-refractivity contribution in [1.82, 2.24) is 10.2 Å². The first-order valence-electron chi connectivity index (χ1n) is 9.46. The monoisotopic (exact) mass is 368 g/mol. The Labute approximate surface area is 159 Å². The number of nitrogens with one attached hydrogen (secondary N) is 1. The summed E-state index contributed by atoms with van der Waals surface area (Å²) in [5.74, 6) is 0.724. The number of halogens is 1. The molecule has 2 aromatic carbocycles. The van der Waals surface area contributed by atoms with Gasteiger partial charge in [-0.05, 0) is 61.8 Å². The summed E-state index contributed by atoms with van der Waals surface area (Å²) < 4.78 is 18.8. The lowest BCUT2D eigenvalue weighted by Gasteiger charge is -2.27. The number of ether oxygens (including phenoxy) is 1. The molecule has 0 radical (unpaired) electrons. The van der Waals surface area contributed by atoms with Crippen molar-refractivity contribution in [2.24, 2.45) is 0 Å². The number of carbonyl (C=O) groups excluding carboxylic acids is 1. The molecular weight excluding hydrogens is 343 g/mol. The van der Waals surface area contributed by atoms with Crippen LogP contribution in [-0.2, 0) is 16.6 Å². The van der Waals surface area contributed by atoms with Crippen molar-refractivity contribution in [2.75, 3.05) is 27.2 Å². The summed E-state index contributed by atoms with van der Waals surface area (Å²) in [6.45, 7) is 1.27. The number of likely N-dealkylation sites (N-methyl/N-ethyl adjacent to an activating group) is 1. The minimum absolute atomic E-state index is 0.0328. The molecule has 0 bridgehead atoms. The second-order valence-electron chi connectivity index (χ2n) is 7.74. The van der Waals surface area contributed by atoms with Gasteiger partial charge in [0.05, 0.1) is 18.1 Å². The summed E-state index contributed by atoms with van der Waals surface area (Å²) in [5, 5.41) is 3.14. The van der Waals surface area contributed by atoms with Gasteiger partial charge in [-0.15, -0.1) is 0 Å². The standard InChI is InChI=1S/C22H25FN2O2/c1-25(2)19(15-3-8-20-16(13-15)9-12-27-20)14-24-21(26)22(10-11-22)17-4-6-18(23)7-5-17/h3-8,13,19H,9-12,14H2,1-2H3,(H,24,26). The molecule has 27 heavy (non-hydrogen) atoms. The van der Waals surface area contributed by atoms with Gasteiger partial charge in [-0.2, -0.15) is 0 Å². The van der Waals surface area contributed by atoms with Crippen LogP contribution in [-0.4, -0.2) is 38.1 Å². The maximum Gasteiger partial charge on any atom is 0.230 e. The van der Waals surface area contributed by atoms with Crippen LogP contribution in [0.1, 0.15) is 35.6 Å². The molecule has 1 aliphatic heterocycles. The lowest BCUT2D eigenvalue weighted by molar-refractivity contribution is -0.123. The largest absolute Gasteiger partial charge is 0.493 e. The van der Waals surface area contributed by atoms with E-state index in [1.54, 1.807) is 12.1 Å². The second-order valence-corrected chi connectivity index (χ2v) is 7.74. The van der Waals surface area contributed by atoms with Gasteiger partial charge < -0.3 is 15.0 Å². The number of fused-ring (bicyclic) bond motifs is 1. The van der Waals surface area contributed by atoms with Gasteiger partial charge >= 0.3 is 0 Å². The lowest BCUT2D eigenvalue weighted by atomic mass is 9.94. The Kier molecular flexibility index (Phi) is 4.64. The van der Waals surface area contributed by atoms with E-state index in [1.165, 1.54) is 23.3 Å². The Morgan fingerprint density at radius 2 is 1.96 bits per heavy atom. The summed E-state index contributed by atoms with van der Waals surface area (Å²) in [6.07, 6.45) is 2.56. The molecule has 5 heteroatoms. The van der Waals surface area contributed by atoms with E-state index in [4.69, 9.17) is 4.74 Å². The van der Waals surface area contributed by atoms with Gasteiger partial charge in [0.25, 0.3) is 0 Å². The van der Waals surface area contributed by atoms with Gasteiger partial charge in [0.2, 0.25) is 5.91 Å². The molecule has 1 amide bonds. The van der Waals surface area contributed by atoms with E-state index in [2.05, 4.69) is 22.3 Å². The number of carbonyl (C=O) groups is 1. The number of benzene rings is 2. The molecule has 2 aromatic rings. The van der Waals surface area contributed by atoms with E-state index in [0.717, 1.165) is 37.2 Å². The lowest BCUT2D eigenvalue weighted by Crippen LogP contribution is -2.40. The zero-order valence-corrected chi connectivity index (χ0v) is 15.8. The molecule has 142 valence electrons. The first kappa shape index (κ1) is 18.0. The Morgan fingerprint density at radius 1 is 1.22 bits per heavy atom. The van der Waals surface area contributed by atoms with Crippen LogP contribution in [0, 0.1) is 5.82 Å². The van der Waals surface area contributed by atoms with Crippen LogP contribution in [0.4, 0.5) is 4.39 Å². The molecule has 4 nitrogen and oxygen atoms in total. The van der Waals surface area contributed by atoms with Crippen molar-refractivity contribution in [3.8, 4) is 5.75 Å². The molecule has 1 N–H and O–H groups in total. The molecule has 1 fully saturated rings. The SMILES string of the molecule is CN(C)C(CNC(=O)C1(c2ccc(F)cc2)CC1)c1ccc2c(c1)CCO2. The summed E-state index contributed by atoms with van der Waals surface area (Å²) in [4.78, 5) is 15.0. The third kappa shape index (κ3) is 3.44. The highest BCUT2D eigenvalue weighted by atomic mass is 19.1. The van der Waals surface area contributed by atoms with E-state index in [9.17, 15) is 9.18 Å². The maximum atomic E-state index is 13.2. The predicted molar refractivity (Wildman–Crippen MR) is 102 cm³/mol. The number of hydrogen-bond donors (Lipinski definition) is 1. The average molecular weight is 368 g/mol. The summed E-state index contributed by atoms with van der Waals surface area (Å²) >= 11 is 0. The molecule has 0 aromatic heterocycles. The Balaban J connectivity index is 1.47. The molecule has 2 aliphatic rings. The number of nitrogens with zero attached hydrogens (tertiary/aromatic N) is 1. The molecule has 0 spiro atoms. The normalized spacial score (nSPS) is 17.9. The number of rotatable bonds is 6. The van der Waals surface area contributed by atoms with E-state index < -0.39 is 5.41 Å². The van der Waals surface area contributed by atoms with Crippen LogP contribution in [0.2, 0.25) is 0 Å². The topological polar surface area (TPSA) is 41.6 Å². The van der Waals surface area contributed by atoms with Crippen molar-refractivity contribution in [3.05, 3.63) is 65.0 Å². The summed E-state index contributed by atoms with van der Waals surface area (Å²) in [7, 11) is 4.04. The zero-order chi connectivity index (χ0) is 19.0. The number of hydrogen-bond acceptors (Lipinski definition) is 3. The third-order valence-electron chi connectivity index (χ3n) is 5.76. The fourth-order valence-corrected chi connectivity index (χ4v) is 3.91. The first-order valence-corrected chi connectivity index (χ1v) is 9.46. The van der Waals surface area contributed by atoms with Crippen LogP contribution in [0.5, 0.6) is 5.75 Å². The van der Waals surface area contributed by atoms with Crippen molar-refractivity contribution < 1.29 is 13.9 Å². The molecule has 1 aliphatic carbocycles. The molecule has 4 rings (SSSR count). The van der Waals surface area contributed by atoms with E-state index in [1.807, 2.05) is 20.2 Å². The molecule has 0 saturated heterocycles. The minimum Gasteiger partial charge on any atom is -0.493 e. The minimum atomic E-state index is -0.490. The average Bonchev–Trinajstić information content (AvgIpc) is 3.33. The van der Waals surface area contributed by atoms with Crippen molar-refractivity contribution >= 4 is 5.91 Å². The Hall–Kier alpha value is -2.40. The van der Waals surface area contributed by atoms with Gasteiger partial charge in [-0.3, -0.25) is 4.79 Å². The maximum absolute atomic E-state index is 13.2. The fourth-order valence-electron chi connectivity index (χ4n) is 3.91. The van der Waals surface area contributed by atoms with Gasteiger partial charge in [-0.1, -0.05) is 24.3 Å². The summed E-state index contributed by atoms with van der Waals surface area (Å²) in [5.41, 5.74) is 2.82. The predicted octanol–water partition coefficient (Wildman–Crippen LogP) is 3.21. The number of amides is 1. The summed E-state index contributed by atoms with van der Waals surface area (Å²) in [6, 6.07) is 12.7. The Morgan fingerprint density at radius 3 is 2.63 bits per heavy atom. The van der Waals surface area contributed by atoms with Crippen molar-refractivity contribution in [2.45, 2.75) is 30.7 Å². The van der Waals surface area contributed by atoms with E-state index in [0.29, 0.717) is 6.54 Å². The van der Waals surface area contributed by atoms with Crippen LogP contribution in [0.25, 0.3) is 0 Å². The molecule has 1 unspecified atom stereocenters. The van der Waals surface area contributed by atoms with Crippen LogP contribution < -0.4 is 10.1 Å². The van der Waals surface area contributed by atoms with E-state index in [-0.39, 0.29) is 17.8 Å². The van der Waals surface area contributed by atoms with Gasteiger partial charge in [0, 0.05) is 13.0 Å². The van der Waals surface area contributed by atoms with Crippen LogP contribution in [0.15, 0.2) is 42.5 Å². The smallest absolute Gasteiger partial charge is 0.230 e. The Bertz CT molecular complexity index is 844. The molecule has 1 saturated carbocycles. The van der Waals surface area contributed by atoms with E-state index >= 15 is 0 Å². The van der Waals surface area contributed by atoms with Gasteiger partial charge in [-0.25, -0.2) is 4.39 Å². The van der Waals surface area contributed by atoms with Gasteiger partial charge in [0.15, 0.2) is 0 Å². The van der Waals surface area contributed by atoms with Crippen LogP contribution in [0.3, 0.4) is 0 Å². The molecular formula is C22H25FN2O2. The quantitative estimate of drug-likeness (QED) is 0.851. The zero-order valence-electron chi connectivity index (χ0n) is 15.8. The second kappa shape index (κ2) is 6.97. The fraction of sp³-hybridized carbons (Fsp3) is 0.409. The third-order valence-corrected chi connectivity index (χ3v) is 5.76. The molecule has 1 heterocycles. The van der Waals surface area contributed by atoms with Crippen molar-refractivity contribution in [1.29, 1.82) is 0 Å². The van der Waals surface area contributed by atoms with Crippen molar-refractivity contribution in [3.63, 3.8) is 0 Å². The highest BCUT2D eigenvalue weighted by Gasteiger charge is 2.51. The highest BCUT2D eigenvalue weighted by molar-refractivity contribution is 5.91. The molecule has 1 atom stereocenters.